The topological polar surface area (TPSA) is 90.3 Å². The van der Waals surface area contributed by atoms with E-state index in [2.05, 4.69) is 15.7 Å². The molecule has 8 heteroatoms. The van der Waals surface area contributed by atoms with Crippen LogP contribution < -0.4 is 15.4 Å². The van der Waals surface area contributed by atoms with Crippen LogP contribution in [0.2, 0.25) is 0 Å². The molecule has 1 aliphatic heterocycles. The number of hydrogen-bond acceptors (Lipinski definition) is 6. The SMILES string of the molecule is CNC(=O)Cc1nc([C@H]2CC[C@H]3OCCN[C@@H]3C2)n(-c2ccc(OC)cc2)n1. The molecule has 1 amide bonds. The summed E-state index contributed by atoms with van der Waals surface area (Å²) in [4.78, 5) is 16.6. The summed E-state index contributed by atoms with van der Waals surface area (Å²) in [5.74, 6) is 2.42. The van der Waals surface area contributed by atoms with Gasteiger partial charge in [0.2, 0.25) is 5.91 Å². The number of hydrogen-bond donors (Lipinski definition) is 2. The van der Waals surface area contributed by atoms with Crippen LogP contribution in [0.4, 0.5) is 0 Å². The maximum Gasteiger partial charge on any atom is 0.227 e. The van der Waals surface area contributed by atoms with Crippen molar-refractivity contribution < 1.29 is 14.3 Å². The molecule has 2 fully saturated rings. The largest absolute Gasteiger partial charge is 0.497 e. The van der Waals surface area contributed by atoms with Crippen LogP contribution in [0.5, 0.6) is 5.75 Å². The van der Waals surface area contributed by atoms with Crippen molar-refractivity contribution in [1.29, 1.82) is 0 Å². The Kier molecular flexibility index (Phi) is 5.59. The number of fused-ring (bicyclic) bond motifs is 1. The van der Waals surface area contributed by atoms with E-state index in [0.717, 1.165) is 49.7 Å². The Morgan fingerprint density at radius 2 is 2.18 bits per heavy atom. The summed E-state index contributed by atoms with van der Waals surface area (Å²) in [6.45, 7) is 1.67. The first-order valence-electron chi connectivity index (χ1n) is 9.83. The molecule has 1 saturated heterocycles. The Morgan fingerprint density at radius 1 is 1.36 bits per heavy atom. The Bertz CT molecular complexity index is 820. The van der Waals surface area contributed by atoms with E-state index in [1.165, 1.54) is 0 Å². The fraction of sp³-hybridized carbons (Fsp3) is 0.550. The van der Waals surface area contributed by atoms with Gasteiger partial charge in [-0.15, -0.1) is 0 Å². The van der Waals surface area contributed by atoms with E-state index in [9.17, 15) is 4.79 Å². The normalized spacial score (nSPS) is 24.4. The van der Waals surface area contributed by atoms with Crippen molar-refractivity contribution >= 4 is 5.91 Å². The summed E-state index contributed by atoms with van der Waals surface area (Å²) >= 11 is 0. The average molecular weight is 385 g/mol. The highest BCUT2D eigenvalue weighted by atomic mass is 16.5. The third-order valence-corrected chi connectivity index (χ3v) is 5.58. The van der Waals surface area contributed by atoms with Gasteiger partial charge in [0.1, 0.15) is 11.6 Å². The molecule has 0 bridgehead atoms. The van der Waals surface area contributed by atoms with Gasteiger partial charge >= 0.3 is 0 Å². The Morgan fingerprint density at radius 3 is 2.93 bits per heavy atom. The lowest BCUT2D eigenvalue weighted by molar-refractivity contribution is -0.120. The number of methoxy groups -OCH3 is 1. The third-order valence-electron chi connectivity index (χ3n) is 5.58. The van der Waals surface area contributed by atoms with Crippen LogP contribution >= 0.6 is 0 Å². The molecular weight excluding hydrogens is 358 g/mol. The van der Waals surface area contributed by atoms with Crippen LogP contribution in [-0.2, 0) is 16.0 Å². The second-order valence-corrected chi connectivity index (χ2v) is 7.33. The molecule has 4 rings (SSSR count). The van der Waals surface area contributed by atoms with Crippen LogP contribution in [0, 0.1) is 0 Å². The summed E-state index contributed by atoms with van der Waals surface area (Å²) < 4.78 is 13.1. The monoisotopic (exact) mass is 385 g/mol. The molecule has 1 aliphatic carbocycles. The van der Waals surface area contributed by atoms with Crippen molar-refractivity contribution in [2.45, 2.75) is 43.7 Å². The number of carbonyl (C=O) groups is 1. The van der Waals surface area contributed by atoms with E-state index >= 15 is 0 Å². The maximum absolute atomic E-state index is 11.8. The van der Waals surface area contributed by atoms with E-state index in [4.69, 9.17) is 14.5 Å². The van der Waals surface area contributed by atoms with Gasteiger partial charge in [-0.3, -0.25) is 4.79 Å². The number of carbonyl (C=O) groups excluding carboxylic acids is 1. The summed E-state index contributed by atoms with van der Waals surface area (Å²) in [5.41, 5.74) is 0.918. The molecule has 1 aromatic heterocycles. The van der Waals surface area contributed by atoms with Gasteiger partial charge in [0.25, 0.3) is 0 Å². The predicted molar refractivity (Wildman–Crippen MR) is 104 cm³/mol. The van der Waals surface area contributed by atoms with Crippen molar-refractivity contribution in [3.05, 3.63) is 35.9 Å². The van der Waals surface area contributed by atoms with Gasteiger partial charge in [0.15, 0.2) is 5.82 Å². The molecule has 2 aliphatic rings. The Hall–Kier alpha value is -2.45. The average Bonchev–Trinajstić information content (AvgIpc) is 3.17. The number of amides is 1. The number of aromatic nitrogens is 3. The number of ether oxygens (including phenoxy) is 2. The first-order valence-corrected chi connectivity index (χ1v) is 9.83. The highest BCUT2D eigenvalue weighted by Gasteiger charge is 2.36. The van der Waals surface area contributed by atoms with Gasteiger partial charge < -0.3 is 20.1 Å². The van der Waals surface area contributed by atoms with Crippen molar-refractivity contribution in [2.24, 2.45) is 0 Å². The standard InChI is InChI=1S/C20H27N5O3/c1-21-19(26)12-18-23-20(13-3-8-17-16(11-13)22-9-10-28-17)25(24-18)14-4-6-15(27-2)7-5-14/h4-7,13,16-17,22H,3,8-12H2,1-2H3,(H,21,26)/t13-,16+,17+/m0/s1. The van der Waals surface area contributed by atoms with E-state index in [-0.39, 0.29) is 24.3 Å². The number of nitrogens with zero attached hydrogens (tertiary/aromatic N) is 3. The van der Waals surface area contributed by atoms with E-state index in [0.29, 0.717) is 11.9 Å². The summed E-state index contributed by atoms with van der Waals surface area (Å²) in [6.07, 6.45) is 3.42. The van der Waals surface area contributed by atoms with Crippen LogP contribution in [0.1, 0.15) is 36.8 Å². The molecule has 0 unspecified atom stereocenters. The summed E-state index contributed by atoms with van der Waals surface area (Å²) in [7, 11) is 3.27. The molecule has 28 heavy (non-hydrogen) atoms. The van der Waals surface area contributed by atoms with Gasteiger partial charge in [-0.2, -0.15) is 5.10 Å². The van der Waals surface area contributed by atoms with Crippen molar-refractivity contribution in [3.63, 3.8) is 0 Å². The zero-order chi connectivity index (χ0) is 19.5. The molecule has 150 valence electrons. The van der Waals surface area contributed by atoms with Crippen LogP contribution in [0.3, 0.4) is 0 Å². The van der Waals surface area contributed by atoms with E-state index in [1.807, 2.05) is 28.9 Å². The molecule has 3 atom stereocenters. The fourth-order valence-electron chi connectivity index (χ4n) is 4.10. The molecule has 2 N–H and O–H groups in total. The molecule has 1 aromatic carbocycles. The lowest BCUT2D eigenvalue weighted by atomic mass is 9.82. The number of morpholine rings is 1. The Balaban J connectivity index is 1.64. The fourth-order valence-corrected chi connectivity index (χ4v) is 4.10. The molecule has 2 aromatic rings. The lowest BCUT2D eigenvalue weighted by Gasteiger charge is -2.39. The maximum atomic E-state index is 11.8. The predicted octanol–water partition coefficient (Wildman–Crippen LogP) is 1.19. The zero-order valence-corrected chi connectivity index (χ0v) is 16.4. The lowest BCUT2D eigenvalue weighted by Crippen LogP contribution is -2.51. The van der Waals surface area contributed by atoms with Gasteiger partial charge in [-0.05, 0) is 43.5 Å². The molecule has 0 radical (unpaired) electrons. The van der Waals surface area contributed by atoms with E-state index in [1.54, 1.807) is 14.2 Å². The number of likely N-dealkylation sites (N-methyl/N-ethyl adjacent to an activating group) is 1. The van der Waals surface area contributed by atoms with Gasteiger partial charge in [0, 0.05) is 25.6 Å². The van der Waals surface area contributed by atoms with Crippen molar-refractivity contribution in [3.8, 4) is 11.4 Å². The molecule has 1 saturated carbocycles. The first kappa shape index (κ1) is 18.9. The van der Waals surface area contributed by atoms with Gasteiger partial charge in [0.05, 0.1) is 31.9 Å². The minimum Gasteiger partial charge on any atom is -0.497 e. The van der Waals surface area contributed by atoms with E-state index < -0.39 is 0 Å². The molecule has 8 nitrogen and oxygen atoms in total. The molecular formula is C20H27N5O3. The minimum atomic E-state index is -0.0931. The highest BCUT2D eigenvalue weighted by molar-refractivity contribution is 5.77. The smallest absolute Gasteiger partial charge is 0.227 e. The second-order valence-electron chi connectivity index (χ2n) is 7.33. The van der Waals surface area contributed by atoms with Crippen LogP contribution in [0.25, 0.3) is 5.69 Å². The van der Waals surface area contributed by atoms with Crippen molar-refractivity contribution in [2.75, 3.05) is 27.3 Å². The Labute approximate surface area is 164 Å². The number of benzene rings is 1. The summed E-state index contributed by atoms with van der Waals surface area (Å²) in [5, 5.41) is 10.9. The number of nitrogens with one attached hydrogen (secondary N) is 2. The summed E-state index contributed by atoms with van der Waals surface area (Å²) in [6, 6.07) is 8.10. The van der Waals surface area contributed by atoms with Crippen LogP contribution in [-0.4, -0.2) is 60.1 Å². The quantitative estimate of drug-likeness (QED) is 0.804. The zero-order valence-electron chi connectivity index (χ0n) is 16.4. The number of rotatable bonds is 5. The first-order chi connectivity index (χ1) is 13.7. The van der Waals surface area contributed by atoms with Crippen molar-refractivity contribution in [1.82, 2.24) is 25.4 Å². The minimum absolute atomic E-state index is 0.0931. The second kappa shape index (κ2) is 8.28. The van der Waals surface area contributed by atoms with Gasteiger partial charge in [-0.25, -0.2) is 9.67 Å². The van der Waals surface area contributed by atoms with Crippen LogP contribution in [0.15, 0.2) is 24.3 Å². The third kappa shape index (κ3) is 3.88. The molecule has 0 spiro atoms. The van der Waals surface area contributed by atoms with Gasteiger partial charge in [-0.1, -0.05) is 0 Å². The molecule has 2 heterocycles. The highest BCUT2D eigenvalue weighted by Crippen LogP contribution is 2.35.